The lowest BCUT2D eigenvalue weighted by molar-refractivity contribution is -0.290. The zero-order valence-electron chi connectivity index (χ0n) is 26.7. The highest BCUT2D eigenvalue weighted by atomic mass is 35.5. The highest BCUT2D eigenvalue weighted by Crippen LogP contribution is 2.36. The first-order chi connectivity index (χ1) is 22.6. The van der Waals surface area contributed by atoms with Gasteiger partial charge in [-0.05, 0) is 81.1 Å². The number of alkyl halides is 5. The molecule has 0 atom stereocenters. The molecule has 0 radical (unpaired) electrons. The van der Waals surface area contributed by atoms with Crippen molar-refractivity contribution < 1.29 is 41.1 Å². The second kappa shape index (κ2) is 16.0. The molecule has 2 fully saturated rings. The third kappa shape index (κ3) is 9.50. The number of hydrogen-bond acceptors (Lipinski definition) is 5. The normalized spacial score (nSPS) is 16.9. The first-order valence-electron chi connectivity index (χ1n) is 15.8. The summed E-state index contributed by atoms with van der Waals surface area (Å²) in [5.41, 5.74) is 1.14. The van der Waals surface area contributed by atoms with Gasteiger partial charge in [-0.25, -0.2) is 0 Å². The van der Waals surface area contributed by atoms with Gasteiger partial charge in [-0.1, -0.05) is 23.2 Å². The number of rotatable bonds is 11. The number of carbonyl (C=O) groups excluding carboxylic acids is 3. The maximum atomic E-state index is 13.7. The average molecular weight is 722 g/mol. The number of amides is 3. The average Bonchev–Trinajstić information content (AvgIpc) is 3.04. The molecule has 2 aromatic rings. The SMILES string of the molecule is CC(=O)N1CCC(C(=O)N(CCCN2CCC(N(C(C)=O)c3ccc(OCC(F)(F)C(F)(F)F)cc3)CC2)c2ccc(Cl)c(Cl)c2)CC1. The molecule has 0 aliphatic carbocycles. The standard InChI is InChI=1S/C33H39Cl2F5N4O4/c1-22(45)42-18-10-24(11-19-42)31(47)43(27-6-9-29(34)30(35)20-27)15-3-14-41-16-12-26(13-17-41)44(23(2)46)25-4-7-28(8-5-25)48-21-32(36,37)33(38,39)40/h4-9,20,24,26H,3,10-19,21H2,1-2H3. The van der Waals surface area contributed by atoms with E-state index in [0.29, 0.717) is 92.8 Å². The number of ether oxygens (including phenoxy) is 1. The van der Waals surface area contributed by atoms with Crippen LogP contribution in [0.15, 0.2) is 42.5 Å². The van der Waals surface area contributed by atoms with Gasteiger partial charge in [-0.3, -0.25) is 14.4 Å². The Morgan fingerprint density at radius 3 is 2.00 bits per heavy atom. The lowest BCUT2D eigenvalue weighted by atomic mass is 9.94. The molecule has 2 aromatic carbocycles. The third-order valence-electron chi connectivity index (χ3n) is 8.84. The smallest absolute Gasteiger partial charge is 0.456 e. The Bertz CT molecular complexity index is 1430. The molecule has 2 saturated heterocycles. The van der Waals surface area contributed by atoms with E-state index in [9.17, 15) is 36.3 Å². The van der Waals surface area contributed by atoms with Crippen LogP contribution in [0.5, 0.6) is 5.75 Å². The van der Waals surface area contributed by atoms with E-state index >= 15 is 0 Å². The summed E-state index contributed by atoms with van der Waals surface area (Å²) in [4.78, 5) is 45.5. The Morgan fingerprint density at radius 1 is 0.854 bits per heavy atom. The lowest BCUT2D eigenvalue weighted by Gasteiger charge is -2.38. The van der Waals surface area contributed by atoms with Crippen LogP contribution in [0, 0.1) is 5.92 Å². The number of benzene rings is 2. The number of nitrogens with zero attached hydrogens (tertiary/aromatic N) is 4. The highest BCUT2D eigenvalue weighted by Gasteiger charge is 2.58. The van der Waals surface area contributed by atoms with Crippen LogP contribution < -0.4 is 14.5 Å². The largest absolute Gasteiger partial charge is 0.487 e. The van der Waals surface area contributed by atoms with Crippen molar-refractivity contribution in [2.75, 3.05) is 55.7 Å². The second-order valence-corrected chi connectivity index (χ2v) is 13.0. The van der Waals surface area contributed by atoms with Gasteiger partial charge in [0.25, 0.3) is 0 Å². The van der Waals surface area contributed by atoms with Crippen molar-refractivity contribution in [1.29, 1.82) is 0 Å². The molecule has 264 valence electrons. The zero-order valence-corrected chi connectivity index (χ0v) is 28.3. The van der Waals surface area contributed by atoms with Gasteiger partial charge >= 0.3 is 12.1 Å². The maximum Gasteiger partial charge on any atom is 0.456 e. The molecule has 0 saturated carbocycles. The van der Waals surface area contributed by atoms with Crippen LogP contribution in [0.3, 0.4) is 0 Å². The number of anilines is 2. The summed E-state index contributed by atoms with van der Waals surface area (Å²) in [6, 6.07) is 10.4. The Kier molecular flexibility index (Phi) is 12.6. The number of likely N-dealkylation sites (tertiary alicyclic amines) is 2. The van der Waals surface area contributed by atoms with Gasteiger partial charge in [0.1, 0.15) is 5.75 Å². The molecule has 0 N–H and O–H groups in total. The van der Waals surface area contributed by atoms with Crippen LogP contribution in [0.4, 0.5) is 33.3 Å². The molecule has 2 heterocycles. The molecule has 0 aromatic heterocycles. The first-order valence-corrected chi connectivity index (χ1v) is 16.5. The fourth-order valence-corrected chi connectivity index (χ4v) is 6.44. The van der Waals surface area contributed by atoms with Crippen molar-refractivity contribution in [1.82, 2.24) is 9.80 Å². The van der Waals surface area contributed by atoms with E-state index in [-0.39, 0.29) is 35.4 Å². The molecule has 2 aliphatic heterocycles. The van der Waals surface area contributed by atoms with Crippen LogP contribution in [-0.4, -0.2) is 91.5 Å². The van der Waals surface area contributed by atoms with Crippen LogP contribution >= 0.6 is 23.2 Å². The highest BCUT2D eigenvalue weighted by molar-refractivity contribution is 6.42. The van der Waals surface area contributed by atoms with E-state index in [2.05, 4.69) is 9.64 Å². The van der Waals surface area contributed by atoms with E-state index in [0.717, 1.165) is 0 Å². The Hall–Kier alpha value is -3.16. The summed E-state index contributed by atoms with van der Waals surface area (Å²) in [5, 5.41) is 0.737. The van der Waals surface area contributed by atoms with Gasteiger partial charge in [-0.2, -0.15) is 22.0 Å². The van der Waals surface area contributed by atoms with Gasteiger partial charge in [0.2, 0.25) is 17.7 Å². The number of piperidine rings is 2. The predicted octanol–water partition coefficient (Wildman–Crippen LogP) is 7.07. The third-order valence-corrected chi connectivity index (χ3v) is 9.58. The molecule has 2 aliphatic rings. The minimum atomic E-state index is -5.72. The molecule has 0 spiro atoms. The molecule has 3 amide bonds. The van der Waals surface area contributed by atoms with Crippen LogP contribution in [-0.2, 0) is 14.4 Å². The molecule has 8 nitrogen and oxygen atoms in total. The number of carbonyl (C=O) groups is 3. The molecular formula is C33H39Cl2F5N4O4. The molecule has 0 bridgehead atoms. The predicted molar refractivity (Wildman–Crippen MR) is 174 cm³/mol. The van der Waals surface area contributed by atoms with E-state index in [1.165, 1.54) is 38.1 Å². The zero-order chi connectivity index (χ0) is 35.2. The summed E-state index contributed by atoms with van der Waals surface area (Å²) in [6.07, 6.45) is -2.57. The van der Waals surface area contributed by atoms with Crippen molar-refractivity contribution in [2.45, 2.75) is 64.1 Å². The summed E-state index contributed by atoms with van der Waals surface area (Å²) >= 11 is 12.4. The maximum absolute atomic E-state index is 13.7. The van der Waals surface area contributed by atoms with Crippen molar-refractivity contribution in [2.24, 2.45) is 5.92 Å². The van der Waals surface area contributed by atoms with Crippen LogP contribution in [0.25, 0.3) is 0 Å². The van der Waals surface area contributed by atoms with E-state index < -0.39 is 18.7 Å². The lowest BCUT2D eigenvalue weighted by Crippen LogP contribution is -2.48. The van der Waals surface area contributed by atoms with Crippen molar-refractivity contribution in [3.05, 3.63) is 52.5 Å². The summed E-state index contributed by atoms with van der Waals surface area (Å²) in [5.74, 6) is -5.62. The minimum absolute atomic E-state index is 0.00190. The molecule has 48 heavy (non-hydrogen) atoms. The second-order valence-electron chi connectivity index (χ2n) is 12.2. The van der Waals surface area contributed by atoms with Crippen LogP contribution in [0.2, 0.25) is 10.0 Å². The number of hydrogen-bond donors (Lipinski definition) is 0. The Labute approximate surface area is 286 Å². The molecule has 0 unspecified atom stereocenters. The van der Waals surface area contributed by atoms with Gasteiger partial charge < -0.3 is 24.3 Å². The monoisotopic (exact) mass is 720 g/mol. The Balaban J connectivity index is 1.32. The fourth-order valence-electron chi connectivity index (χ4n) is 6.14. The van der Waals surface area contributed by atoms with Gasteiger partial charge in [-0.15, -0.1) is 0 Å². The first kappa shape index (κ1) is 37.7. The van der Waals surface area contributed by atoms with Crippen molar-refractivity contribution >= 4 is 52.3 Å². The topological polar surface area (TPSA) is 73.4 Å². The summed E-state index contributed by atoms with van der Waals surface area (Å²) in [7, 11) is 0. The van der Waals surface area contributed by atoms with Gasteiger partial charge in [0.05, 0.1) is 10.0 Å². The van der Waals surface area contributed by atoms with Gasteiger partial charge in [0.15, 0.2) is 6.61 Å². The van der Waals surface area contributed by atoms with Crippen molar-refractivity contribution in [3.8, 4) is 5.75 Å². The van der Waals surface area contributed by atoms with Gasteiger partial charge in [0, 0.05) is 69.9 Å². The minimum Gasteiger partial charge on any atom is -0.487 e. The fraction of sp³-hybridized carbons (Fsp3) is 0.545. The van der Waals surface area contributed by atoms with E-state index in [1.54, 1.807) is 32.9 Å². The molecular weight excluding hydrogens is 682 g/mol. The van der Waals surface area contributed by atoms with Crippen molar-refractivity contribution in [3.63, 3.8) is 0 Å². The summed E-state index contributed by atoms with van der Waals surface area (Å²) in [6.45, 7) is 4.70. The van der Waals surface area contributed by atoms with Crippen LogP contribution in [0.1, 0.15) is 46.0 Å². The molecule has 4 rings (SSSR count). The van der Waals surface area contributed by atoms with E-state index in [1.807, 2.05) is 0 Å². The summed E-state index contributed by atoms with van der Waals surface area (Å²) < 4.78 is 68.5. The Morgan fingerprint density at radius 2 is 1.46 bits per heavy atom. The molecule has 15 heteroatoms. The number of halogens is 7. The van der Waals surface area contributed by atoms with E-state index in [4.69, 9.17) is 23.2 Å². The quantitative estimate of drug-likeness (QED) is 0.232.